The molecule has 0 unspecified atom stereocenters. The second-order valence-corrected chi connectivity index (χ2v) is 2.81. The van der Waals surface area contributed by atoms with E-state index in [9.17, 15) is 4.39 Å². The van der Waals surface area contributed by atoms with Crippen molar-refractivity contribution in [2.45, 2.75) is 13.0 Å². The van der Waals surface area contributed by atoms with E-state index in [1.807, 2.05) is 0 Å². The van der Waals surface area contributed by atoms with Gasteiger partial charge in [-0.2, -0.15) is 0 Å². The lowest BCUT2D eigenvalue weighted by molar-refractivity contribution is 0.623. The SMILES string of the molecule is C[C@H](N)c1cccc(F)c1Cl. The molecule has 0 aliphatic heterocycles. The number of nitrogens with two attached hydrogens (primary N) is 1. The van der Waals surface area contributed by atoms with Crippen molar-refractivity contribution in [1.29, 1.82) is 0 Å². The fourth-order valence-corrected chi connectivity index (χ4v) is 1.17. The lowest BCUT2D eigenvalue weighted by Crippen LogP contribution is -2.05. The zero-order valence-electron chi connectivity index (χ0n) is 6.14. The third kappa shape index (κ3) is 1.70. The average Bonchev–Trinajstić information content (AvgIpc) is 1.94. The van der Waals surface area contributed by atoms with Crippen LogP contribution in [0.4, 0.5) is 4.39 Å². The van der Waals surface area contributed by atoms with Gasteiger partial charge in [0.15, 0.2) is 0 Å². The molecule has 0 aromatic heterocycles. The van der Waals surface area contributed by atoms with E-state index in [1.165, 1.54) is 6.07 Å². The van der Waals surface area contributed by atoms with Crippen LogP contribution < -0.4 is 5.73 Å². The maximum absolute atomic E-state index is 12.8. The molecule has 1 aromatic rings. The maximum atomic E-state index is 12.8. The van der Waals surface area contributed by atoms with Gasteiger partial charge in [0, 0.05) is 6.04 Å². The molecule has 1 nitrogen and oxygen atoms in total. The fourth-order valence-electron chi connectivity index (χ4n) is 0.872. The molecule has 11 heavy (non-hydrogen) atoms. The summed E-state index contributed by atoms with van der Waals surface area (Å²) >= 11 is 5.63. The van der Waals surface area contributed by atoms with Crippen molar-refractivity contribution < 1.29 is 4.39 Å². The summed E-state index contributed by atoms with van der Waals surface area (Å²) in [5.41, 5.74) is 6.18. The zero-order chi connectivity index (χ0) is 8.43. The first-order chi connectivity index (χ1) is 5.13. The average molecular weight is 174 g/mol. The highest BCUT2D eigenvalue weighted by atomic mass is 35.5. The van der Waals surface area contributed by atoms with Crippen LogP contribution in [0, 0.1) is 5.82 Å². The second kappa shape index (κ2) is 3.20. The van der Waals surface area contributed by atoms with E-state index < -0.39 is 5.82 Å². The first kappa shape index (κ1) is 8.50. The lowest BCUT2D eigenvalue weighted by atomic mass is 10.1. The topological polar surface area (TPSA) is 26.0 Å². The Hall–Kier alpha value is -0.600. The summed E-state index contributed by atoms with van der Waals surface area (Å²) in [6.45, 7) is 1.76. The first-order valence-electron chi connectivity index (χ1n) is 3.32. The molecule has 0 bridgehead atoms. The van der Waals surface area contributed by atoms with Crippen molar-refractivity contribution in [1.82, 2.24) is 0 Å². The minimum absolute atomic E-state index is 0.127. The summed E-state index contributed by atoms with van der Waals surface area (Å²) in [4.78, 5) is 0. The van der Waals surface area contributed by atoms with Crippen LogP contribution >= 0.6 is 11.6 Å². The number of benzene rings is 1. The zero-order valence-corrected chi connectivity index (χ0v) is 6.90. The van der Waals surface area contributed by atoms with Crippen LogP contribution in [-0.4, -0.2) is 0 Å². The Labute approximate surface area is 70.0 Å². The summed E-state index contributed by atoms with van der Waals surface area (Å²) in [6, 6.07) is 4.41. The van der Waals surface area contributed by atoms with Gasteiger partial charge in [-0.3, -0.25) is 0 Å². The number of halogens is 2. The quantitative estimate of drug-likeness (QED) is 0.694. The van der Waals surface area contributed by atoms with Gasteiger partial charge < -0.3 is 5.73 Å². The van der Waals surface area contributed by atoms with E-state index in [2.05, 4.69) is 0 Å². The predicted molar refractivity (Wildman–Crippen MR) is 44.0 cm³/mol. The number of hydrogen-bond donors (Lipinski definition) is 1. The van der Waals surface area contributed by atoms with Crippen LogP contribution in [-0.2, 0) is 0 Å². The maximum Gasteiger partial charge on any atom is 0.142 e. The van der Waals surface area contributed by atoms with Gasteiger partial charge in [0.25, 0.3) is 0 Å². The van der Waals surface area contributed by atoms with Crippen molar-refractivity contribution in [2.24, 2.45) is 5.73 Å². The van der Waals surface area contributed by atoms with Gasteiger partial charge in [-0.05, 0) is 18.6 Å². The van der Waals surface area contributed by atoms with E-state index in [-0.39, 0.29) is 11.1 Å². The first-order valence-corrected chi connectivity index (χ1v) is 3.70. The molecule has 0 radical (unpaired) electrons. The van der Waals surface area contributed by atoms with Gasteiger partial charge in [-0.1, -0.05) is 23.7 Å². The standard InChI is InChI=1S/C8H9ClFN/c1-5(11)6-3-2-4-7(10)8(6)9/h2-5H,11H2,1H3/t5-/m0/s1. The molecule has 0 saturated carbocycles. The van der Waals surface area contributed by atoms with Gasteiger partial charge >= 0.3 is 0 Å². The molecule has 1 rings (SSSR count). The molecular formula is C8H9ClFN. The second-order valence-electron chi connectivity index (χ2n) is 2.43. The van der Waals surface area contributed by atoms with Crippen LogP contribution in [0.1, 0.15) is 18.5 Å². The molecule has 0 aliphatic rings. The molecule has 1 atom stereocenters. The van der Waals surface area contributed by atoms with E-state index >= 15 is 0 Å². The molecule has 2 N–H and O–H groups in total. The van der Waals surface area contributed by atoms with E-state index in [4.69, 9.17) is 17.3 Å². The molecule has 3 heteroatoms. The summed E-state index contributed by atoms with van der Waals surface area (Å²) in [5, 5.41) is 0.127. The summed E-state index contributed by atoms with van der Waals surface area (Å²) in [6.07, 6.45) is 0. The lowest BCUT2D eigenvalue weighted by Gasteiger charge is -2.07. The Bertz CT molecular complexity index is 260. The van der Waals surface area contributed by atoms with Crippen molar-refractivity contribution in [3.8, 4) is 0 Å². The Morgan fingerprint density at radius 2 is 2.18 bits per heavy atom. The Kier molecular flexibility index (Phi) is 2.47. The molecule has 1 aromatic carbocycles. The molecule has 0 spiro atoms. The summed E-state index contributed by atoms with van der Waals surface area (Å²) in [7, 11) is 0. The fraction of sp³-hybridized carbons (Fsp3) is 0.250. The van der Waals surface area contributed by atoms with E-state index in [0.717, 1.165) is 0 Å². The van der Waals surface area contributed by atoms with Crippen molar-refractivity contribution in [2.75, 3.05) is 0 Å². The predicted octanol–water partition coefficient (Wildman–Crippen LogP) is 2.50. The van der Waals surface area contributed by atoms with Crippen molar-refractivity contribution >= 4 is 11.6 Å². The van der Waals surface area contributed by atoms with Crippen LogP contribution in [0.3, 0.4) is 0 Å². The van der Waals surface area contributed by atoms with Crippen LogP contribution in [0.5, 0.6) is 0 Å². The highest BCUT2D eigenvalue weighted by molar-refractivity contribution is 6.31. The smallest absolute Gasteiger partial charge is 0.142 e. The van der Waals surface area contributed by atoms with E-state index in [1.54, 1.807) is 19.1 Å². The monoisotopic (exact) mass is 173 g/mol. The van der Waals surface area contributed by atoms with E-state index in [0.29, 0.717) is 5.56 Å². The largest absolute Gasteiger partial charge is 0.324 e. The molecular weight excluding hydrogens is 165 g/mol. The van der Waals surface area contributed by atoms with Crippen LogP contribution in [0.15, 0.2) is 18.2 Å². The molecule has 0 aliphatic carbocycles. The Morgan fingerprint density at radius 3 is 2.64 bits per heavy atom. The molecule has 0 heterocycles. The van der Waals surface area contributed by atoms with Crippen LogP contribution in [0.2, 0.25) is 5.02 Å². The Balaban J connectivity index is 3.17. The van der Waals surface area contributed by atoms with Gasteiger partial charge in [0.2, 0.25) is 0 Å². The van der Waals surface area contributed by atoms with Crippen LogP contribution in [0.25, 0.3) is 0 Å². The molecule has 0 amide bonds. The highest BCUT2D eigenvalue weighted by Gasteiger charge is 2.07. The summed E-state index contributed by atoms with van der Waals surface area (Å²) in [5.74, 6) is -0.415. The number of hydrogen-bond acceptors (Lipinski definition) is 1. The normalized spacial score (nSPS) is 13.1. The van der Waals surface area contributed by atoms with Crippen molar-refractivity contribution in [3.05, 3.63) is 34.6 Å². The highest BCUT2D eigenvalue weighted by Crippen LogP contribution is 2.23. The minimum Gasteiger partial charge on any atom is -0.324 e. The molecule has 60 valence electrons. The van der Waals surface area contributed by atoms with Gasteiger partial charge in [-0.15, -0.1) is 0 Å². The minimum atomic E-state index is -0.415. The molecule has 0 fully saturated rings. The Morgan fingerprint density at radius 1 is 1.55 bits per heavy atom. The number of rotatable bonds is 1. The van der Waals surface area contributed by atoms with Gasteiger partial charge in [0.05, 0.1) is 5.02 Å². The van der Waals surface area contributed by atoms with Crippen molar-refractivity contribution in [3.63, 3.8) is 0 Å². The van der Waals surface area contributed by atoms with Gasteiger partial charge in [0.1, 0.15) is 5.82 Å². The van der Waals surface area contributed by atoms with Gasteiger partial charge in [-0.25, -0.2) is 4.39 Å². The summed E-state index contributed by atoms with van der Waals surface area (Å²) < 4.78 is 12.8. The third-order valence-corrected chi connectivity index (χ3v) is 1.87. The molecule has 0 saturated heterocycles. The third-order valence-electron chi connectivity index (χ3n) is 1.47.